The molecule has 9 heteroatoms. The molecule has 0 saturated heterocycles. The molecule has 1 amide bonds. The van der Waals surface area contributed by atoms with Gasteiger partial charge in [0.1, 0.15) is 18.1 Å². The molecule has 0 radical (unpaired) electrons. The van der Waals surface area contributed by atoms with Gasteiger partial charge in [0.25, 0.3) is 0 Å². The van der Waals surface area contributed by atoms with Gasteiger partial charge >= 0.3 is 6.18 Å². The van der Waals surface area contributed by atoms with Gasteiger partial charge in [0.15, 0.2) is 0 Å². The number of carbonyl (C=O) groups excluding carboxylic acids is 1. The fraction of sp³-hybridized carbons (Fsp3) is 0.444. The molecule has 0 aliphatic carbocycles. The molecule has 2 aromatic rings. The van der Waals surface area contributed by atoms with Gasteiger partial charge in [-0.1, -0.05) is 11.6 Å². The number of rotatable bonds is 8. The van der Waals surface area contributed by atoms with E-state index in [2.05, 4.69) is 4.98 Å². The second kappa shape index (κ2) is 9.12. The van der Waals surface area contributed by atoms with Crippen LogP contribution < -0.4 is 4.74 Å². The molecule has 148 valence electrons. The SMILES string of the molecule is Cc1cc(OCCCC(=O)N(C)Cc2nccn2CC(F)(F)F)ccc1Cl. The summed E-state index contributed by atoms with van der Waals surface area (Å²) in [5.74, 6) is 0.676. The van der Waals surface area contributed by atoms with E-state index in [1.807, 2.05) is 13.0 Å². The lowest BCUT2D eigenvalue weighted by Gasteiger charge is -2.18. The molecule has 0 bridgehead atoms. The minimum atomic E-state index is -4.34. The summed E-state index contributed by atoms with van der Waals surface area (Å²) >= 11 is 5.95. The molecule has 0 aliphatic heterocycles. The Kier molecular flexibility index (Phi) is 7.12. The molecule has 0 aliphatic rings. The topological polar surface area (TPSA) is 47.4 Å². The lowest BCUT2D eigenvalue weighted by Crippen LogP contribution is -2.29. The van der Waals surface area contributed by atoms with Gasteiger partial charge in [0.05, 0.1) is 13.2 Å². The molecular weight excluding hydrogens is 383 g/mol. The van der Waals surface area contributed by atoms with Crippen molar-refractivity contribution in [3.05, 3.63) is 47.0 Å². The summed E-state index contributed by atoms with van der Waals surface area (Å²) in [6.07, 6.45) is -1.08. The Morgan fingerprint density at radius 3 is 2.78 bits per heavy atom. The first kappa shape index (κ1) is 21.1. The highest BCUT2D eigenvalue weighted by Gasteiger charge is 2.29. The van der Waals surface area contributed by atoms with Gasteiger partial charge in [-0.2, -0.15) is 13.2 Å². The number of hydrogen-bond acceptors (Lipinski definition) is 3. The number of ether oxygens (including phenoxy) is 1. The molecule has 0 unspecified atom stereocenters. The Balaban J connectivity index is 1.77. The summed E-state index contributed by atoms with van der Waals surface area (Å²) in [6.45, 7) is 1.11. The summed E-state index contributed by atoms with van der Waals surface area (Å²) in [5.41, 5.74) is 0.902. The standard InChI is InChI=1S/C18H21ClF3N3O2/c1-13-10-14(5-6-15(13)19)27-9-3-4-17(26)24(2)11-16-23-7-8-25(16)12-18(20,21)22/h5-8,10H,3-4,9,11-12H2,1-2H3. The van der Waals surface area contributed by atoms with Crippen molar-refractivity contribution in [2.24, 2.45) is 0 Å². The Labute approximate surface area is 160 Å². The molecule has 0 saturated carbocycles. The van der Waals surface area contributed by atoms with Gasteiger partial charge in [-0.15, -0.1) is 0 Å². The highest BCUT2D eigenvalue weighted by atomic mass is 35.5. The van der Waals surface area contributed by atoms with E-state index in [1.54, 1.807) is 19.2 Å². The zero-order chi connectivity index (χ0) is 20.0. The number of nitrogens with zero attached hydrogens (tertiary/aromatic N) is 3. The van der Waals surface area contributed by atoms with Gasteiger partial charge in [0.2, 0.25) is 5.91 Å². The van der Waals surface area contributed by atoms with Crippen molar-refractivity contribution in [2.45, 2.75) is 39.0 Å². The third-order valence-corrected chi connectivity index (χ3v) is 4.31. The predicted octanol–water partition coefficient (Wildman–Crippen LogP) is 4.22. The third kappa shape index (κ3) is 6.78. The molecular formula is C18H21ClF3N3O2. The summed E-state index contributed by atoms with van der Waals surface area (Å²) in [7, 11) is 1.54. The molecule has 0 N–H and O–H groups in total. The molecule has 0 spiro atoms. The van der Waals surface area contributed by atoms with E-state index in [0.717, 1.165) is 10.1 Å². The molecule has 1 aromatic carbocycles. The number of amides is 1. The van der Waals surface area contributed by atoms with E-state index >= 15 is 0 Å². The van der Waals surface area contributed by atoms with E-state index in [1.165, 1.54) is 17.3 Å². The van der Waals surface area contributed by atoms with Crippen LogP contribution in [0.2, 0.25) is 5.02 Å². The van der Waals surface area contributed by atoms with Gasteiger partial charge in [-0.25, -0.2) is 4.98 Å². The zero-order valence-electron chi connectivity index (χ0n) is 15.1. The van der Waals surface area contributed by atoms with Crippen LogP contribution in [0, 0.1) is 6.92 Å². The van der Waals surface area contributed by atoms with Crippen LogP contribution in [-0.2, 0) is 17.9 Å². The first-order valence-electron chi connectivity index (χ1n) is 8.35. The normalized spacial score (nSPS) is 11.5. The summed E-state index contributed by atoms with van der Waals surface area (Å²) < 4.78 is 44.2. The number of halogens is 4. The van der Waals surface area contributed by atoms with Crippen molar-refractivity contribution in [2.75, 3.05) is 13.7 Å². The maximum absolute atomic E-state index is 12.5. The molecule has 1 aromatic heterocycles. The largest absolute Gasteiger partial charge is 0.494 e. The smallest absolute Gasteiger partial charge is 0.406 e. The van der Waals surface area contributed by atoms with Crippen LogP contribution in [0.1, 0.15) is 24.2 Å². The lowest BCUT2D eigenvalue weighted by atomic mass is 10.2. The van der Waals surface area contributed by atoms with E-state index in [0.29, 0.717) is 23.8 Å². The van der Waals surface area contributed by atoms with Crippen molar-refractivity contribution in [1.82, 2.24) is 14.5 Å². The van der Waals surface area contributed by atoms with Gasteiger partial charge in [-0.3, -0.25) is 4.79 Å². The minimum Gasteiger partial charge on any atom is -0.494 e. The Hall–Kier alpha value is -2.22. The van der Waals surface area contributed by atoms with Crippen LogP contribution in [-0.4, -0.2) is 40.2 Å². The maximum Gasteiger partial charge on any atom is 0.406 e. The molecule has 0 fully saturated rings. The van der Waals surface area contributed by atoms with Gasteiger partial charge in [0, 0.05) is 30.9 Å². The Bertz CT molecular complexity index is 777. The first-order chi connectivity index (χ1) is 12.7. The zero-order valence-corrected chi connectivity index (χ0v) is 15.8. The summed E-state index contributed by atoms with van der Waals surface area (Å²) in [5, 5.41) is 0.656. The fourth-order valence-corrected chi connectivity index (χ4v) is 2.56. The second-order valence-corrected chi connectivity index (χ2v) is 6.61. The number of benzene rings is 1. The highest BCUT2D eigenvalue weighted by Crippen LogP contribution is 2.21. The molecule has 0 atom stereocenters. The van der Waals surface area contributed by atoms with Crippen molar-refractivity contribution >= 4 is 17.5 Å². The van der Waals surface area contributed by atoms with Crippen LogP contribution >= 0.6 is 11.6 Å². The predicted molar refractivity (Wildman–Crippen MR) is 95.7 cm³/mol. The highest BCUT2D eigenvalue weighted by molar-refractivity contribution is 6.31. The number of carbonyl (C=O) groups is 1. The van der Waals surface area contributed by atoms with Crippen LogP contribution in [0.25, 0.3) is 0 Å². The van der Waals surface area contributed by atoms with E-state index in [9.17, 15) is 18.0 Å². The minimum absolute atomic E-state index is 0.0130. The van der Waals surface area contributed by atoms with Crippen molar-refractivity contribution in [3.63, 3.8) is 0 Å². The van der Waals surface area contributed by atoms with Gasteiger partial charge < -0.3 is 14.2 Å². The number of aryl methyl sites for hydroxylation is 1. The van der Waals surface area contributed by atoms with Crippen molar-refractivity contribution < 1.29 is 22.7 Å². The molecule has 1 heterocycles. The fourth-order valence-electron chi connectivity index (χ4n) is 2.44. The molecule has 5 nitrogen and oxygen atoms in total. The number of aromatic nitrogens is 2. The van der Waals surface area contributed by atoms with Crippen LogP contribution in [0.4, 0.5) is 13.2 Å². The summed E-state index contributed by atoms with van der Waals surface area (Å²) in [6, 6.07) is 5.31. The maximum atomic E-state index is 12.5. The average Bonchev–Trinajstić information content (AvgIpc) is 2.99. The summed E-state index contributed by atoms with van der Waals surface area (Å²) in [4.78, 5) is 17.4. The Morgan fingerprint density at radius 2 is 2.11 bits per heavy atom. The van der Waals surface area contributed by atoms with Crippen molar-refractivity contribution in [1.29, 1.82) is 0 Å². The second-order valence-electron chi connectivity index (χ2n) is 6.20. The van der Waals surface area contributed by atoms with Crippen LogP contribution in [0.5, 0.6) is 5.75 Å². The molecule has 27 heavy (non-hydrogen) atoms. The lowest BCUT2D eigenvalue weighted by molar-refractivity contribution is -0.141. The van der Waals surface area contributed by atoms with Crippen molar-refractivity contribution in [3.8, 4) is 5.75 Å². The van der Waals surface area contributed by atoms with E-state index in [4.69, 9.17) is 16.3 Å². The number of alkyl halides is 3. The first-order valence-corrected chi connectivity index (χ1v) is 8.73. The Morgan fingerprint density at radius 1 is 1.37 bits per heavy atom. The number of hydrogen-bond donors (Lipinski definition) is 0. The third-order valence-electron chi connectivity index (χ3n) is 3.89. The van der Waals surface area contributed by atoms with E-state index < -0.39 is 12.7 Å². The molecule has 2 rings (SSSR count). The van der Waals surface area contributed by atoms with Crippen LogP contribution in [0.15, 0.2) is 30.6 Å². The van der Waals surface area contributed by atoms with Crippen LogP contribution in [0.3, 0.4) is 0 Å². The van der Waals surface area contributed by atoms with E-state index in [-0.39, 0.29) is 24.7 Å². The monoisotopic (exact) mass is 403 g/mol. The quantitative estimate of drug-likeness (QED) is 0.620. The average molecular weight is 404 g/mol. The number of imidazole rings is 1. The van der Waals surface area contributed by atoms with Gasteiger partial charge in [-0.05, 0) is 37.1 Å².